The Bertz CT molecular complexity index is 877. The Morgan fingerprint density at radius 1 is 0.763 bits per heavy atom. The van der Waals surface area contributed by atoms with E-state index < -0.39 is 16.1 Å². The summed E-state index contributed by atoms with van der Waals surface area (Å²) in [5.74, 6) is 1.18. The summed E-state index contributed by atoms with van der Waals surface area (Å²) in [7, 11) is -1.81. The number of hydrogen-bond donors (Lipinski definition) is 1. The highest BCUT2D eigenvalue weighted by atomic mass is 79.9. The molecular weight excluding hydrogens is 687 g/mol. The average Bonchev–Trinajstić information content (AvgIpc) is 2.79. The van der Waals surface area contributed by atoms with E-state index in [0.29, 0.717) is 12.5 Å². The molecule has 0 bridgehead atoms. The first-order valence-corrected chi connectivity index (χ1v) is 22.7. The number of aromatic hydroxyl groups is 1. The number of benzene rings is 2. The summed E-state index contributed by atoms with van der Waals surface area (Å²) in [5, 5.41) is 9.11. The van der Waals surface area contributed by atoms with Gasteiger partial charge in [-0.1, -0.05) is 71.1 Å². The topological polar surface area (TPSA) is 47.9 Å². The molecule has 220 valence electrons. The predicted molar refractivity (Wildman–Crippen MR) is 180 cm³/mol. The van der Waals surface area contributed by atoms with Crippen molar-refractivity contribution in [1.82, 2.24) is 0 Å². The third-order valence-electron chi connectivity index (χ3n) is 4.78. The highest BCUT2D eigenvalue weighted by Gasteiger charge is 2.12. The van der Waals surface area contributed by atoms with Crippen molar-refractivity contribution in [3.63, 3.8) is 0 Å². The molecule has 0 fully saturated rings. The number of rotatable bonds is 10. The lowest BCUT2D eigenvalue weighted by Crippen LogP contribution is -2.22. The van der Waals surface area contributed by atoms with E-state index in [0.717, 1.165) is 40.1 Å². The molecular formula is C28H48Br2Cl2O4Si2. The largest absolute Gasteiger partial charge is 0.508 e. The van der Waals surface area contributed by atoms with Gasteiger partial charge in [0.25, 0.3) is 0 Å². The smallest absolute Gasteiger partial charge is 0.189 e. The summed E-state index contributed by atoms with van der Waals surface area (Å²) in [6.45, 7) is 23.1. The second-order valence-corrected chi connectivity index (χ2v) is 24.7. The first-order chi connectivity index (χ1) is 17.6. The third-order valence-corrected chi connectivity index (χ3v) is 9.96. The van der Waals surface area contributed by atoms with E-state index in [9.17, 15) is 0 Å². The molecule has 10 heteroatoms. The number of hydrogen-bond acceptors (Lipinski definition) is 4. The summed E-state index contributed by atoms with van der Waals surface area (Å²) >= 11 is 16.3. The van der Waals surface area contributed by atoms with Crippen LogP contribution >= 0.6 is 55.1 Å². The van der Waals surface area contributed by atoms with E-state index in [-0.39, 0.29) is 5.34 Å². The second-order valence-electron chi connectivity index (χ2n) is 10.9. The van der Waals surface area contributed by atoms with Gasteiger partial charge in [-0.2, -0.15) is 0 Å². The zero-order valence-electron chi connectivity index (χ0n) is 24.6. The second kappa shape index (κ2) is 22.6. The monoisotopic (exact) mass is 732 g/mol. The molecule has 0 unspecified atom stereocenters. The third kappa shape index (κ3) is 26.2. The minimum Gasteiger partial charge on any atom is -0.508 e. The Labute approximate surface area is 261 Å². The van der Waals surface area contributed by atoms with Crippen LogP contribution in [0.15, 0.2) is 45.3 Å². The van der Waals surface area contributed by atoms with Crippen molar-refractivity contribution in [1.29, 1.82) is 0 Å². The van der Waals surface area contributed by atoms with E-state index >= 15 is 0 Å². The number of alkyl halides is 2. The maximum atomic E-state index is 8.92. The van der Waals surface area contributed by atoms with Gasteiger partial charge in [0.2, 0.25) is 0 Å². The molecule has 38 heavy (non-hydrogen) atoms. The van der Waals surface area contributed by atoms with E-state index in [2.05, 4.69) is 71.1 Å². The van der Waals surface area contributed by atoms with Crippen LogP contribution in [0.25, 0.3) is 0 Å². The lowest BCUT2D eigenvalue weighted by atomic mass is 10.2. The van der Waals surface area contributed by atoms with Gasteiger partial charge in [-0.15, -0.1) is 23.2 Å². The maximum Gasteiger partial charge on any atom is 0.189 e. The molecule has 0 radical (unpaired) electrons. The molecule has 1 N–H and O–H groups in total. The SMILES string of the molecule is CCOCC[Si](C)(C)C.Cc1cc(O)ccc1Br.Cc1cc(OCOCC[Si](C)(C)C)ccc1Br.ClCCl. The first-order valence-electron chi connectivity index (χ1n) is 12.7. The molecule has 0 saturated carbocycles. The van der Waals surface area contributed by atoms with E-state index in [4.69, 9.17) is 42.5 Å². The van der Waals surface area contributed by atoms with Crippen LogP contribution in [0.3, 0.4) is 0 Å². The van der Waals surface area contributed by atoms with Gasteiger partial charge in [0, 0.05) is 44.9 Å². The van der Waals surface area contributed by atoms with Gasteiger partial charge in [0.05, 0.1) is 5.34 Å². The van der Waals surface area contributed by atoms with Crippen molar-refractivity contribution in [3.8, 4) is 11.5 Å². The fourth-order valence-electron chi connectivity index (χ4n) is 2.41. The fraction of sp³-hybridized carbons (Fsp3) is 0.571. The van der Waals surface area contributed by atoms with Crippen LogP contribution in [0, 0.1) is 13.8 Å². The van der Waals surface area contributed by atoms with Crippen molar-refractivity contribution < 1.29 is 19.3 Å². The van der Waals surface area contributed by atoms with Crippen LogP contribution in [-0.4, -0.2) is 53.2 Å². The van der Waals surface area contributed by atoms with Gasteiger partial charge in [-0.3, -0.25) is 0 Å². The summed E-state index contributed by atoms with van der Waals surface area (Å²) in [6.07, 6.45) is 0. The van der Waals surface area contributed by atoms with E-state index in [1.54, 1.807) is 12.1 Å². The quantitative estimate of drug-likeness (QED) is 0.114. The Kier molecular flexibility index (Phi) is 23.8. The highest BCUT2D eigenvalue weighted by molar-refractivity contribution is 9.10. The van der Waals surface area contributed by atoms with Gasteiger partial charge in [-0.25, -0.2) is 0 Å². The van der Waals surface area contributed by atoms with Crippen molar-refractivity contribution >= 4 is 71.2 Å². The van der Waals surface area contributed by atoms with Crippen LogP contribution in [-0.2, 0) is 9.47 Å². The van der Waals surface area contributed by atoms with Gasteiger partial charge in [-0.05, 0) is 80.4 Å². The molecule has 0 atom stereocenters. The molecule has 0 aromatic heterocycles. The Hall–Kier alpha value is -0.0662. The molecule has 0 aliphatic rings. The molecule has 4 nitrogen and oxygen atoms in total. The molecule has 0 heterocycles. The summed E-state index contributed by atoms with van der Waals surface area (Å²) < 4.78 is 18.4. The van der Waals surface area contributed by atoms with Gasteiger partial charge >= 0.3 is 0 Å². The molecule has 0 aliphatic carbocycles. The van der Waals surface area contributed by atoms with Crippen LogP contribution in [0.1, 0.15) is 18.1 Å². The molecule has 2 aromatic carbocycles. The summed E-state index contributed by atoms with van der Waals surface area (Å²) in [6, 6.07) is 13.6. The molecule has 0 aliphatic heterocycles. The normalized spacial score (nSPS) is 10.8. The Morgan fingerprint density at radius 2 is 1.21 bits per heavy atom. The van der Waals surface area contributed by atoms with Crippen molar-refractivity contribution in [2.45, 2.75) is 72.1 Å². The molecule has 0 amide bonds. The average molecular weight is 736 g/mol. The number of ether oxygens (including phenoxy) is 3. The lowest BCUT2D eigenvalue weighted by molar-refractivity contribution is 0.0220. The number of halogens is 4. The van der Waals surface area contributed by atoms with Crippen molar-refractivity contribution in [2.24, 2.45) is 0 Å². The summed E-state index contributed by atoms with van der Waals surface area (Å²) in [5.41, 5.74) is 2.22. The summed E-state index contributed by atoms with van der Waals surface area (Å²) in [4.78, 5) is 0. The standard InChI is InChI=1S/C13H21BrO2Si.C7H7BrO.C7H18OSi.CH2Cl2/c1-11-9-12(5-6-13(11)14)16-10-15-7-8-17(2,3)4;1-5-4-6(9)2-3-7(5)8;1-5-8-6-7-9(2,3)4;2-1-3/h5-6,9H,7-8,10H2,1-4H3;2-4,9H,1H3;5-7H2,1-4H3;1H2. The molecule has 2 aromatic rings. The first kappa shape index (κ1) is 40.1. The van der Waals surface area contributed by atoms with E-state index in [1.165, 1.54) is 17.7 Å². The van der Waals surface area contributed by atoms with Crippen LogP contribution in [0.2, 0.25) is 51.4 Å². The van der Waals surface area contributed by atoms with Crippen molar-refractivity contribution in [3.05, 3.63) is 56.5 Å². The number of aryl methyl sites for hydroxylation is 2. The molecule has 0 spiro atoms. The maximum absolute atomic E-state index is 8.92. The number of phenolic OH excluding ortho intramolecular Hbond substituents is 1. The van der Waals surface area contributed by atoms with Crippen LogP contribution < -0.4 is 4.74 Å². The van der Waals surface area contributed by atoms with Crippen molar-refractivity contribution in [2.75, 3.05) is 32.0 Å². The lowest BCUT2D eigenvalue weighted by Gasteiger charge is -2.15. The Morgan fingerprint density at radius 3 is 1.61 bits per heavy atom. The van der Waals surface area contributed by atoms with Crippen LogP contribution in [0.5, 0.6) is 11.5 Å². The van der Waals surface area contributed by atoms with Gasteiger partial charge in [0.15, 0.2) is 6.79 Å². The van der Waals surface area contributed by atoms with E-state index in [1.807, 2.05) is 45.0 Å². The molecule has 0 saturated heterocycles. The zero-order chi connectivity index (χ0) is 29.8. The highest BCUT2D eigenvalue weighted by Crippen LogP contribution is 2.22. The minimum atomic E-state index is -0.990. The van der Waals surface area contributed by atoms with Crippen LogP contribution in [0.4, 0.5) is 0 Å². The fourth-order valence-corrected chi connectivity index (χ4v) is 4.41. The Balaban J connectivity index is 0. The molecule has 2 rings (SSSR count). The zero-order valence-corrected chi connectivity index (χ0v) is 31.3. The van der Waals surface area contributed by atoms with Gasteiger partial charge < -0.3 is 19.3 Å². The predicted octanol–water partition coefficient (Wildman–Crippen LogP) is 10.7. The van der Waals surface area contributed by atoms with Gasteiger partial charge in [0.1, 0.15) is 11.5 Å². The minimum absolute atomic E-state index is 0.194. The number of phenols is 1.